The van der Waals surface area contributed by atoms with Gasteiger partial charge < -0.3 is 25.1 Å². The molecule has 0 radical (unpaired) electrons. The highest BCUT2D eigenvalue weighted by molar-refractivity contribution is 9.11. The molecule has 3 aromatic carbocycles. The quantitative estimate of drug-likeness (QED) is 0.135. The fourth-order valence-corrected chi connectivity index (χ4v) is 9.43. The predicted molar refractivity (Wildman–Crippen MR) is 286 cm³/mol. The summed E-state index contributed by atoms with van der Waals surface area (Å²) in [6.45, 7) is 6.14. The maximum Gasteiger partial charge on any atom is 0.279 e. The first-order chi connectivity index (χ1) is 35.1. The van der Waals surface area contributed by atoms with Crippen molar-refractivity contribution in [3.63, 3.8) is 0 Å². The van der Waals surface area contributed by atoms with Crippen LogP contribution < -0.4 is 26.2 Å². The van der Waals surface area contributed by atoms with Crippen LogP contribution in [0.4, 0.5) is 27.3 Å². The first kappa shape index (κ1) is 48.1. The molecule has 9 heterocycles. The van der Waals surface area contributed by atoms with Gasteiger partial charge in [0.05, 0.1) is 5.56 Å². The highest BCUT2D eigenvalue weighted by Crippen LogP contribution is 2.36. The van der Waals surface area contributed by atoms with E-state index in [1.54, 1.807) is 30.9 Å². The molecule has 2 saturated heterocycles. The molecule has 360 valence electrons. The zero-order valence-corrected chi connectivity index (χ0v) is 42.9. The molecule has 7 aromatic heterocycles. The highest BCUT2D eigenvalue weighted by atomic mass is 79.9. The lowest BCUT2D eigenvalue weighted by Gasteiger charge is -2.21. The summed E-state index contributed by atoms with van der Waals surface area (Å²) in [4.78, 5) is 81.6. The van der Waals surface area contributed by atoms with Crippen LogP contribution in [0, 0.1) is 12.7 Å². The minimum absolute atomic E-state index is 0.122. The Morgan fingerprint density at radius 2 is 1.01 bits per heavy atom. The third kappa shape index (κ3) is 10.6. The van der Waals surface area contributed by atoms with Crippen LogP contribution in [0.25, 0.3) is 67.7 Å². The molecule has 0 bridgehead atoms. The van der Waals surface area contributed by atoms with Crippen molar-refractivity contribution in [2.24, 2.45) is 0 Å². The van der Waals surface area contributed by atoms with Gasteiger partial charge in [-0.1, -0.05) is 47.8 Å². The smallest absolute Gasteiger partial charge is 0.279 e. The SMILES string of the molecule is Cc1cnccc1Nc1nc(-c2cc(Br)ccc2N2CCCC2)nc2nccnc12.O=c1[nH]c(-c2cc(Br)ccc2F)nc2nccnc12.O=c1[nH]c(-c2cc(Br)ccc2N2CCCC2)nc2nccnc12. The fraction of sp³-hybridized carbons (Fsp3) is 0.180. The van der Waals surface area contributed by atoms with Gasteiger partial charge in [-0.2, -0.15) is 0 Å². The second kappa shape index (κ2) is 21.4. The monoisotopic (exact) mass is 1150 g/mol. The van der Waals surface area contributed by atoms with Crippen molar-refractivity contribution in [1.29, 1.82) is 0 Å². The van der Waals surface area contributed by atoms with Crippen molar-refractivity contribution in [2.75, 3.05) is 41.3 Å². The Kier molecular flexibility index (Phi) is 14.3. The Morgan fingerprint density at radius 3 is 1.58 bits per heavy atom. The van der Waals surface area contributed by atoms with Gasteiger partial charge in [0.25, 0.3) is 11.1 Å². The number of hydrogen-bond donors (Lipinski definition) is 3. The van der Waals surface area contributed by atoms with Crippen molar-refractivity contribution in [3.8, 4) is 34.2 Å². The van der Waals surface area contributed by atoms with E-state index in [4.69, 9.17) is 9.97 Å². The molecule has 0 saturated carbocycles. The minimum Gasteiger partial charge on any atom is -0.371 e. The number of fused-ring (bicyclic) bond motifs is 3. The van der Waals surface area contributed by atoms with Gasteiger partial charge in [-0.25, -0.2) is 54.2 Å². The number of nitrogens with one attached hydrogen (secondary N) is 3. The zero-order valence-electron chi connectivity index (χ0n) is 38.2. The van der Waals surface area contributed by atoms with Crippen LogP contribution in [0.2, 0.25) is 0 Å². The number of nitrogens with zero attached hydrogens (tertiary/aromatic N) is 13. The van der Waals surface area contributed by atoms with Gasteiger partial charge in [0, 0.05) is 117 Å². The van der Waals surface area contributed by atoms with Crippen molar-refractivity contribution in [1.82, 2.24) is 64.8 Å². The number of hydrogen-bond acceptors (Lipinski definition) is 16. The Labute approximate surface area is 434 Å². The molecule has 0 aliphatic carbocycles. The van der Waals surface area contributed by atoms with Gasteiger partial charge >= 0.3 is 0 Å². The van der Waals surface area contributed by atoms with E-state index in [-0.39, 0.29) is 33.6 Å². The molecule has 12 rings (SSSR count). The number of H-pyrrole nitrogens is 2. The molecule has 2 aliphatic heterocycles. The zero-order chi connectivity index (χ0) is 49.7. The molecule has 72 heavy (non-hydrogen) atoms. The van der Waals surface area contributed by atoms with Crippen molar-refractivity contribution in [2.45, 2.75) is 32.6 Å². The molecule has 2 fully saturated rings. The summed E-state index contributed by atoms with van der Waals surface area (Å²) < 4.78 is 16.4. The van der Waals surface area contributed by atoms with Crippen LogP contribution in [0.15, 0.2) is 133 Å². The average Bonchev–Trinajstić information content (AvgIpc) is 4.15. The molecule has 2 aliphatic rings. The Bertz CT molecular complexity index is 3760. The summed E-state index contributed by atoms with van der Waals surface area (Å²) in [5, 5.41) is 3.41. The Hall–Kier alpha value is -7.56. The topological polar surface area (TPSA) is 226 Å². The summed E-state index contributed by atoms with van der Waals surface area (Å²) in [7, 11) is 0. The maximum absolute atomic E-state index is 13.8. The van der Waals surface area contributed by atoms with Crippen LogP contribution in [-0.2, 0) is 0 Å². The number of aromatic amines is 2. The van der Waals surface area contributed by atoms with E-state index >= 15 is 0 Å². The second-order valence-corrected chi connectivity index (χ2v) is 19.3. The molecule has 0 spiro atoms. The van der Waals surface area contributed by atoms with Gasteiger partial charge in [-0.3, -0.25) is 14.6 Å². The van der Waals surface area contributed by atoms with Crippen molar-refractivity contribution < 1.29 is 4.39 Å². The van der Waals surface area contributed by atoms with Gasteiger partial charge in [0.2, 0.25) is 0 Å². The van der Waals surface area contributed by atoms with Crippen LogP contribution in [0.1, 0.15) is 31.2 Å². The lowest BCUT2D eigenvalue weighted by atomic mass is 10.1. The molecule has 10 aromatic rings. The Balaban J connectivity index is 0.000000128. The molecule has 0 atom stereocenters. The summed E-state index contributed by atoms with van der Waals surface area (Å²) >= 11 is 10.4. The van der Waals surface area contributed by atoms with Crippen molar-refractivity contribution in [3.05, 3.63) is 156 Å². The van der Waals surface area contributed by atoms with Crippen LogP contribution >= 0.6 is 47.8 Å². The van der Waals surface area contributed by atoms with E-state index in [2.05, 4.69) is 142 Å². The standard InChI is InChI=1S/C22H20BrN7.C16H14BrN5O.C12H6BrFN4O/c1-14-13-24-7-6-17(14)27-22-19-21(26-9-8-25-19)28-20(29-22)16-12-15(23)4-5-18(16)30-10-2-3-11-30;17-10-3-4-12(22-7-1-2-8-22)11(9-10)14-20-15-13(16(23)21-14)18-5-6-19-15;13-6-1-2-8(14)7(5-6)10-17-11-9(12(19)18-10)15-3-4-16-11/h4-9,12-13H,2-3,10-11H2,1H3,(H,24,26,27,28,29);3-6,9H,1-2,7-8H2,(H,19,20,21,23);1-5H,(H,16,17,18,19). The normalized spacial score (nSPS) is 13.2. The average molecular weight is 1160 g/mol. The number of pyridine rings is 1. The lowest BCUT2D eigenvalue weighted by molar-refractivity contribution is 0.629. The van der Waals surface area contributed by atoms with Crippen LogP contribution in [0.3, 0.4) is 0 Å². The maximum atomic E-state index is 13.8. The highest BCUT2D eigenvalue weighted by Gasteiger charge is 2.22. The molecular formula is C50H40Br3FN16O2. The van der Waals surface area contributed by atoms with Gasteiger partial charge in [0.1, 0.15) is 17.5 Å². The minimum atomic E-state index is -0.477. The van der Waals surface area contributed by atoms with E-state index in [1.165, 1.54) is 56.4 Å². The molecule has 0 unspecified atom stereocenters. The number of anilines is 4. The Morgan fingerprint density at radius 1 is 0.542 bits per heavy atom. The van der Waals surface area contributed by atoms with E-state index in [9.17, 15) is 14.0 Å². The van der Waals surface area contributed by atoms with Gasteiger partial charge in [-0.05, 0) is 98.8 Å². The first-order valence-corrected chi connectivity index (χ1v) is 25.1. The first-order valence-electron chi connectivity index (χ1n) is 22.7. The summed E-state index contributed by atoms with van der Waals surface area (Å²) in [6.07, 6.45) is 17.5. The van der Waals surface area contributed by atoms with E-state index in [0.29, 0.717) is 38.8 Å². The molecule has 18 nitrogen and oxygen atoms in total. The van der Waals surface area contributed by atoms with E-state index in [1.807, 2.05) is 31.3 Å². The van der Waals surface area contributed by atoms with Gasteiger partial charge in [0.15, 0.2) is 45.1 Å². The predicted octanol–water partition coefficient (Wildman–Crippen LogP) is 9.92. The third-order valence-electron chi connectivity index (χ3n) is 11.8. The van der Waals surface area contributed by atoms with Crippen molar-refractivity contribution >= 4 is 104 Å². The van der Waals surface area contributed by atoms with E-state index in [0.717, 1.165) is 68.9 Å². The molecule has 22 heteroatoms. The summed E-state index contributed by atoms with van der Waals surface area (Å²) in [5.41, 5.74) is 7.64. The number of aromatic nitrogens is 13. The summed E-state index contributed by atoms with van der Waals surface area (Å²) in [5.74, 6) is 1.42. The second-order valence-electron chi connectivity index (χ2n) is 16.6. The number of halogens is 4. The van der Waals surface area contributed by atoms with E-state index < -0.39 is 11.4 Å². The van der Waals surface area contributed by atoms with Gasteiger partial charge in [-0.15, -0.1) is 0 Å². The fourth-order valence-electron chi connectivity index (χ4n) is 8.35. The van der Waals surface area contributed by atoms with Crippen LogP contribution in [0.5, 0.6) is 0 Å². The number of rotatable bonds is 7. The largest absolute Gasteiger partial charge is 0.371 e. The molecular weight excluding hydrogens is 1120 g/mol. The summed E-state index contributed by atoms with van der Waals surface area (Å²) in [6, 6.07) is 18.6. The third-order valence-corrected chi connectivity index (χ3v) is 13.3. The molecule has 3 N–H and O–H groups in total. The number of aryl methyl sites for hydroxylation is 1. The number of benzene rings is 3. The molecule has 0 amide bonds. The lowest BCUT2D eigenvalue weighted by Crippen LogP contribution is -2.19. The van der Waals surface area contributed by atoms with Crippen LogP contribution in [-0.4, -0.2) is 91.0 Å².